The van der Waals surface area contributed by atoms with E-state index in [1.807, 2.05) is 61.7 Å². The predicted molar refractivity (Wildman–Crippen MR) is 131 cm³/mol. The van der Waals surface area contributed by atoms with Crippen molar-refractivity contribution in [3.8, 4) is 0 Å². The van der Waals surface area contributed by atoms with E-state index in [0.717, 1.165) is 27.7 Å². The Hall–Kier alpha value is -2.88. The van der Waals surface area contributed by atoms with Crippen molar-refractivity contribution in [1.82, 2.24) is 5.32 Å². The van der Waals surface area contributed by atoms with Gasteiger partial charge in [-0.25, -0.2) is 0 Å². The molecule has 11 heteroatoms. The minimum Gasteiger partial charge on any atom is -0.542 e. The molecule has 0 spiro atoms. The van der Waals surface area contributed by atoms with E-state index < -0.39 is 12.1 Å². The molecule has 1 amide bonds. The first kappa shape index (κ1) is 29.4. The summed E-state index contributed by atoms with van der Waals surface area (Å²) in [7, 11) is 1.97. The van der Waals surface area contributed by atoms with E-state index >= 15 is 0 Å². The Morgan fingerprint density at radius 2 is 1.58 bits per heavy atom. The molecule has 3 rings (SSSR count). The lowest BCUT2D eigenvalue weighted by Crippen LogP contribution is -3.01. The molecule has 2 N–H and O–H groups in total. The number of benzene rings is 2. The number of quaternary nitrogens is 1. The second kappa shape index (κ2) is 13.4. The van der Waals surface area contributed by atoms with Gasteiger partial charge in [-0.05, 0) is 48.7 Å². The molecular formula is C25H26Cl2F3N3O3. The number of amides is 1. The molecule has 1 aliphatic heterocycles. The molecule has 0 fully saturated rings. The number of carbonyl (C=O) groups is 2. The normalized spacial score (nSPS) is 16.4. The Morgan fingerprint density at radius 1 is 1.06 bits per heavy atom. The van der Waals surface area contributed by atoms with Gasteiger partial charge < -0.3 is 15.2 Å². The Kier molecular flexibility index (Phi) is 11.0. The average molecular weight is 544 g/mol. The summed E-state index contributed by atoms with van der Waals surface area (Å²) in [5.74, 6) is -2.83. The zero-order valence-electron chi connectivity index (χ0n) is 19.6. The molecule has 1 aliphatic rings. The van der Waals surface area contributed by atoms with Crippen LogP contribution in [0.4, 0.5) is 13.2 Å². The highest BCUT2D eigenvalue weighted by molar-refractivity contribution is 6.30. The second-order valence-corrected chi connectivity index (χ2v) is 9.06. The summed E-state index contributed by atoms with van der Waals surface area (Å²) in [4.78, 5) is 21.4. The minimum absolute atomic E-state index is 0.0294. The van der Waals surface area contributed by atoms with Gasteiger partial charge in [-0.3, -0.25) is 4.79 Å². The topological polar surface area (TPSA) is 86.0 Å². The van der Waals surface area contributed by atoms with E-state index in [-0.39, 0.29) is 17.9 Å². The van der Waals surface area contributed by atoms with E-state index in [1.165, 1.54) is 5.56 Å². The third-order valence-electron chi connectivity index (χ3n) is 5.52. The molecule has 1 unspecified atom stereocenters. The van der Waals surface area contributed by atoms with Crippen molar-refractivity contribution in [3.05, 3.63) is 81.5 Å². The first-order chi connectivity index (χ1) is 16.9. The van der Waals surface area contributed by atoms with Crippen molar-refractivity contribution >= 4 is 41.3 Å². The molecule has 0 aliphatic carbocycles. The van der Waals surface area contributed by atoms with E-state index in [0.29, 0.717) is 17.9 Å². The maximum atomic E-state index is 12.6. The fraction of sp³-hybridized carbons (Fsp3) is 0.320. The second-order valence-electron chi connectivity index (χ2n) is 8.19. The van der Waals surface area contributed by atoms with E-state index in [9.17, 15) is 18.0 Å². The summed E-state index contributed by atoms with van der Waals surface area (Å²) >= 11 is 12.1. The molecule has 1 heterocycles. The highest BCUT2D eigenvalue weighted by atomic mass is 35.5. The van der Waals surface area contributed by atoms with E-state index in [4.69, 9.17) is 33.1 Å². The number of nitrogens with one attached hydrogen (secondary N) is 2. The number of carboxylic acid groups (broad SMARTS) is 1. The molecule has 6 nitrogen and oxygen atoms in total. The van der Waals surface area contributed by atoms with Crippen LogP contribution in [0, 0.1) is 0 Å². The van der Waals surface area contributed by atoms with Gasteiger partial charge in [0.2, 0.25) is 5.91 Å². The molecule has 36 heavy (non-hydrogen) atoms. The fourth-order valence-corrected chi connectivity index (χ4v) is 3.80. The third-order valence-corrected chi connectivity index (χ3v) is 6.02. The van der Waals surface area contributed by atoms with Gasteiger partial charge in [0, 0.05) is 40.9 Å². The Labute approximate surface area is 217 Å². The lowest BCUT2D eigenvalue weighted by Gasteiger charge is -2.26. The SMILES string of the molecule is C[C@@H](NC(=O)CCC1=CC=N[NH+]1C)[C@H](Cc1ccc(Cl)cc1)c1ccc(Cl)cc1.O=C([O-])C(F)(F)F. The summed E-state index contributed by atoms with van der Waals surface area (Å²) in [6, 6.07) is 15.7. The van der Waals surface area contributed by atoms with E-state index in [1.54, 1.807) is 6.21 Å². The maximum absolute atomic E-state index is 12.6. The number of hydrogen-bond donors (Lipinski definition) is 2. The zero-order chi connectivity index (χ0) is 26.9. The van der Waals surface area contributed by atoms with Crippen molar-refractivity contribution in [2.24, 2.45) is 5.10 Å². The van der Waals surface area contributed by atoms with Crippen LogP contribution in [0.25, 0.3) is 0 Å². The highest BCUT2D eigenvalue weighted by Crippen LogP contribution is 2.27. The van der Waals surface area contributed by atoms with Crippen LogP contribution in [0.2, 0.25) is 10.0 Å². The number of rotatable bonds is 8. The largest absolute Gasteiger partial charge is 0.542 e. The lowest BCUT2D eigenvalue weighted by molar-refractivity contribution is -0.844. The van der Waals surface area contributed by atoms with Gasteiger partial charge in [0.15, 0.2) is 0 Å². The van der Waals surface area contributed by atoms with Crippen LogP contribution in [0.5, 0.6) is 0 Å². The van der Waals surface area contributed by atoms with Crippen molar-refractivity contribution in [1.29, 1.82) is 0 Å². The van der Waals surface area contributed by atoms with Gasteiger partial charge in [-0.2, -0.15) is 18.2 Å². The number of nitrogens with zero attached hydrogens (tertiary/aromatic N) is 1. The number of carboxylic acids is 1. The Morgan fingerprint density at radius 3 is 2.06 bits per heavy atom. The number of halogens is 5. The van der Waals surface area contributed by atoms with Crippen LogP contribution < -0.4 is 15.4 Å². The molecule has 0 radical (unpaired) electrons. The molecule has 0 saturated carbocycles. The number of allylic oxidation sites excluding steroid dienone is 2. The fourth-order valence-electron chi connectivity index (χ4n) is 3.55. The van der Waals surface area contributed by atoms with Crippen molar-refractivity contribution in [2.75, 3.05) is 7.05 Å². The number of hydrogen-bond acceptors (Lipinski definition) is 4. The molecule has 194 valence electrons. The number of aliphatic carboxylic acids is 1. The zero-order valence-corrected chi connectivity index (χ0v) is 21.1. The molecule has 0 saturated heterocycles. The maximum Gasteiger partial charge on any atom is 0.430 e. The van der Waals surface area contributed by atoms with Crippen LogP contribution in [-0.2, 0) is 16.0 Å². The summed E-state index contributed by atoms with van der Waals surface area (Å²) < 4.78 is 31.5. The molecular weight excluding hydrogens is 518 g/mol. The van der Waals surface area contributed by atoms with Crippen LogP contribution in [0.1, 0.15) is 36.8 Å². The number of alkyl halides is 3. The summed E-state index contributed by atoms with van der Waals surface area (Å²) in [5.41, 5.74) is 3.45. The Balaban J connectivity index is 0.000000572. The van der Waals surface area contributed by atoms with Crippen molar-refractivity contribution < 1.29 is 32.9 Å². The highest BCUT2D eigenvalue weighted by Gasteiger charge is 2.29. The predicted octanol–water partition coefficient (Wildman–Crippen LogP) is 3.30. The monoisotopic (exact) mass is 543 g/mol. The molecule has 2 aromatic rings. The van der Waals surface area contributed by atoms with Gasteiger partial charge in [-0.15, -0.1) is 0 Å². The van der Waals surface area contributed by atoms with Crippen LogP contribution in [-0.4, -0.2) is 37.4 Å². The average Bonchev–Trinajstić information content (AvgIpc) is 3.22. The van der Waals surface area contributed by atoms with Crippen molar-refractivity contribution in [3.63, 3.8) is 0 Å². The van der Waals surface area contributed by atoms with Gasteiger partial charge in [-0.1, -0.05) is 52.6 Å². The smallest absolute Gasteiger partial charge is 0.430 e. The Bertz CT molecular complexity index is 1090. The molecule has 0 aromatic heterocycles. The molecule has 0 bridgehead atoms. The third kappa shape index (κ3) is 9.64. The van der Waals surface area contributed by atoms with Crippen LogP contribution in [0.15, 0.2) is 65.4 Å². The lowest BCUT2D eigenvalue weighted by atomic mass is 9.86. The van der Waals surface area contributed by atoms with Gasteiger partial charge in [0.05, 0.1) is 13.3 Å². The summed E-state index contributed by atoms with van der Waals surface area (Å²) in [5, 5.41) is 18.6. The van der Waals surface area contributed by atoms with Crippen molar-refractivity contribution in [2.45, 2.75) is 44.3 Å². The molecule has 3 atom stereocenters. The van der Waals surface area contributed by atoms with Gasteiger partial charge >= 0.3 is 6.18 Å². The molecule has 2 aromatic carbocycles. The van der Waals surface area contributed by atoms with Crippen LogP contribution in [0.3, 0.4) is 0 Å². The van der Waals surface area contributed by atoms with Gasteiger partial charge in [0.25, 0.3) is 0 Å². The quantitative estimate of drug-likeness (QED) is 0.535. The standard InChI is InChI=1S/C23H25Cl2N3O.C2HF3O2/c1-16(27-23(29)12-11-21-13-14-26-28(21)2)22(18-5-9-20(25)10-6-18)15-17-3-7-19(24)8-4-17;3-2(4,5)1(6)7/h3-10,13-14,16,22H,11-12,15H2,1-2H3,(H,27,29);(H,6,7)/t16-,22+;/m1./s1. The summed E-state index contributed by atoms with van der Waals surface area (Å²) in [6.07, 6.45) is 0.515. The van der Waals surface area contributed by atoms with Gasteiger partial charge in [0.1, 0.15) is 11.7 Å². The minimum atomic E-state index is -5.19. The summed E-state index contributed by atoms with van der Waals surface area (Å²) in [6.45, 7) is 2.06. The van der Waals surface area contributed by atoms with E-state index in [2.05, 4.69) is 17.3 Å². The first-order valence-electron chi connectivity index (χ1n) is 11.0. The first-order valence-corrected chi connectivity index (χ1v) is 11.8. The number of carbonyl (C=O) groups excluding carboxylic acids is 2. The van der Waals surface area contributed by atoms with Crippen LogP contribution >= 0.6 is 23.2 Å².